The topological polar surface area (TPSA) is 131 Å². The molecule has 0 aromatic carbocycles. The van der Waals surface area contributed by atoms with Crippen molar-refractivity contribution >= 4 is 6.21 Å². The van der Waals surface area contributed by atoms with Crippen molar-refractivity contribution in [2.75, 3.05) is 13.3 Å². The van der Waals surface area contributed by atoms with Gasteiger partial charge in [-0.2, -0.15) is 0 Å². The maximum absolute atomic E-state index is 13.3. The molecule has 2 N–H and O–H groups in total. The quantitative estimate of drug-likeness (QED) is 0.754. The first kappa shape index (κ1) is 16.6. The van der Waals surface area contributed by atoms with Crippen LogP contribution in [-0.4, -0.2) is 52.1 Å². The second kappa shape index (κ2) is 6.34. The van der Waals surface area contributed by atoms with Gasteiger partial charge in [0.15, 0.2) is 0 Å². The molecule has 3 rings (SSSR count). The van der Waals surface area contributed by atoms with Crippen LogP contribution < -0.4 is 11.2 Å². The van der Waals surface area contributed by atoms with Crippen molar-refractivity contribution in [2.24, 2.45) is 15.4 Å². The predicted octanol–water partition coefficient (Wildman–Crippen LogP) is -0.373. The number of ether oxygens (including phenoxy) is 2. The minimum absolute atomic E-state index is 0.154. The Kier molecular flexibility index (Phi) is 4.39. The lowest BCUT2D eigenvalue weighted by molar-refractivity contribution is -0.102. The fraction of sp³-hybridized carbons (Fsp3) is 0.615. The number of nitrogens with one attached hydrogen (secondary N) is 1. The van der Waals surface area contributed by atoms with E-state index in [9.17, 15) is 19.1 Å². The number of nitrogens with zero attached hydrogens (tertiary/aromatic N) is 4. The number of aromatic amines is 1. The number of rotatable bonds is 5. The molecular formula is C13H16FN5O5. The van der Waals surface area contributed by atoms with E-state index in [1.165, 1.54) is 10.8 Å². The van der Waals surface area contributed by atoms with Crippen LogP contribution >= 0.6 is 0 Å². The first-order valence-electron chi connectivity index (χ1n) is 7.26. The van der Waals surface area contributed by atoms with Crippen LogP contribution in [0.15, 0.2) is 31.2 Å². The highest BCUT2D eigenvalue weighted by Gasteiger charge is 2.44. The van der Waals surface area contributed by atoms with E-state index >= 15 is 0 Å². The van der Waals surface area contributed by atoms with Gasteiger partial charge in [-0.25, -0.2) is 9.18 Å². The molecule has 2 aliphatic rings. The Morgan fingerprint density at radius 2 is 2.38 bits per heavy atom. The van der Waals surface area contributed by atoms with Gasteiger partial charge in [0, 0.05) is 18.2 Å². The van der Waals surface area contributed by atoms with Gasteiger partial charge in [-0.3, -0.25) is 14.3 Å². The first-order valence-corrected chi connectivity index (χ1v) is 7.26. The summed E-state index contributed by atoms with van der Waals surface area (Å²) in [7, 11) is 0. The van der Waals surface area contributed by atoms with Crippen molar-refractivity contribution < 1.29 is 19.0 Å². The number of aliphatic hydroxyl groups excluding tert-OH is 1. The number of H-pyrrole nitrogens is 1. The summed E-state index contributed by atoms with van der Waals surface area (Å²) in [6.45, 7) is 0.181. The average molecular weight is 341 g/mol. The van der Waals surface area contributed by atoms with Crippen molar-refractivity contribution in [1.29, 1.82) is 0 Å². The molecule has 0 amide bonds. The van der Waals surface area contributed by atoms with Crippen molar-refractivity contribution in [3.8, 4) is 0 Å². The van der Waals surface area contributed by atoms with Crippen LogP contribution in [0.5, 0.6) is 0 Å². The number of aryl methyl sites for hydroxylation is 1. The van der Waals surface area contributed by atoms with Crippen LogP contribution in [0.25, 0.3) is 0 Å². The largest absolute Gasteiger partial charge is 0.394 e. The Morgan fingerprint density at radius 1 is 1.58 bits per heavy atom. The van der Waals surface area contributed by atoms with Crippen molar-refractivity contribution in [3.63, 3.8) is 0 Å². The average Bonchev–Trinajstić information content (AvgIpc) is 3.18. The lowest BCUT2D eigenvalue weighted by Crippen LogP contribution is -2.41. The van der Waals surface area contributed by atoms with Crippen molar-refractivity contribution in [1.82, 2.24) is 9.55 Å². The summed E-state index contributed by atoms with van der Waals surface area (Å²) in [5, 5.41) is 19.9. The Balaban J connectivity index is 1.83. The molecule has 0 spiro atoms. The zero-order valence-corrected chi connectivity index (χ0v) is 12.8. The molecule has 0 bridgehead atoms. The molecule has 0 radical (unpaired) electrons. The second-order valence-electron chi connectivity index (χ2n) is 5.59. The summed E-state index contributed by atoms with van der Waals surface area (Å²) in [6, 6.07) is 0. The summed E-state index contributed by atoms with van der Waals surface area (Å²) < 4.78 is 25.7. The molecule has 1 aromatic heterocycles. The zero-order chi connectivity index (χ0) is 17.3. The van der Waals surface area contributed by atoms with Gasteiger partial charge in [-0.05, 0) is 12.1 Å². The molecule has 0 aliphatic carbocycles. The molecule has 10 nitrogen and oxygen atoms in total. The molecule has 130 valence electrons. The molecule has 24 heavy (non-hydrogen) atoms. The van der Waals surface area contributed by atoms with Gasteiger partial charge in [0.1, 0.15) is 19.0 Å². The molecule has 3 heterocycles. The van der Waals surface area contributed by atoms with Crippen molar-refractivity contribution in [3.05, 3.63) is 32.6 Å². The third kappa shape index (κ3) is 2.92. The normalized spacial score (nSPS) is 31.9. The smallest absolute Gasteiger partial charge is 0.330 e. The second-order valence-corrected chi connectivity index (χ2v) is 5.59. The molecule has 4 atom stereocenters. The third-order valence-corrected chi connectivity index (χ3v) is 3.89. The number of halogens is 1. The maximum Gasteiger partial charge on any atom is 0.330 e. The van der Waals surface area contributed by atoms with Gasteiger partial charge in [-0.15, -0.1) is 10.2 Å². The fourth-order valence-electron chi connectivity index (χ4n) is 2.61. The van der Waals surface area contributed by atoms with E-state index in [2.05, 4.69) is 20.4 Å². The predicted molar refractivity (Wildman–Crippen MR) is 78.6 cm³/mol. The Bertz CT molecular complexity index is 776. The summed E-state index contributed by atoms with van der Waals surface area (Å²) in [5.74, 6) is 0. The molecule has 1 fully saturated rings. The molecular weight excluding hydrogens is 325 g/mol. The van der Waals surface area contributed by atoms with E-state index in [0.29, 0.717) is 5.56 Å². The van der Waals surface area contributed by atoms with Crippen LogP contribution in [0.2, 0.25) is 0 Å². The number of hydrogen-bond donors (Lipinski definition) is 2. The summed E-state index contributed by atoms with van der Waals surface area (Å²) in [6.07, 6.45) is 0.346. The lowest BCUT2D eigenvalue weighted by atomic mass is 10.1. The Hall–Kier alpha value is -2.24. The summed E-state index contributed by atoms with van der Waals surface area (Å²) in [5.41, 5.74) is -2.43. The Morgan fingerprint density at radius 3 is 3.00 bits per heavy atom. The van der Waals surface area contributed by atoms with Crippen LogP contribution in [0.4, 0.5) is 4.39 Å². The summed E-state index contributed by atoms with van der Waals surface area (Å²) >= 11 is 0. The van der Waals surface area contributed by atoms with Crippen LogP contribution in [0, 0.1) is 6.92 Å². The molecule has 2 unspecified atom stereocenters. The van der Waals surface area contributed by atoms with Gasteiger partial charge in [0.2, 0.25) is 5.72 Å². The molecule has 2 aliphatic heterocycles. The zero-order valence-electron chi connectivity index (χ0n) is 12.8. The highest BCUT2D eigenvalue weighted by molar-refractivity contribution is 5.69. The monoisotopic (exact) mass is 341 g/mol. The van der Waals surface area contributed by atoms with Gasteiger partial charge in [0.05, 0.1) is 18.9 Å². The van der Waals surface area contributed by atoms with Crippen LogP contribution in [0.1, 0.15) is 18.2 Å². The molecule has 1 saturated heterocycles. The minimum atomic E-state index is -1.64. The van der Waals surface area contributed by atoms with Crippen LogP contribution in [-0.2, 0) is 9.47 Å². The number of alkyl halides is 1. The van der Waals surface area contributed by atoms with E-state index in [4.69, 9.17) is 9.47 Å². The van der Waals surface area contributed by atoms with Gasteiger partial charge >= 0.3 is 5.69 Å². The van der Waals surface area contributed by atoms with Gasteiger partial charge in [0.25, 0.3) is 5.56 Å². The molecule has 1 aromatic rings. The third-order valence-electron chi connectivity index (χ3n) is 3.89. The Labute approximate surface area is 134 Å². The maximum atomic E-state index is 13.3. The molecule has 0 saturated carbocycles. The molecule has 11 heteroatoms. The van der Waals surface area contributed by atoms with E-state index < -0.39 is 48.7 Å². The number of aromatic nitrogens is 2. The highest BCUT2D eigenvalue weighted by Crippen LogP contribution is 2.33. The van der Waals surface area contributed by atoms with E-state index in [1.807, 2.05) is 0 Å². The SMILES string of the molecule is Cc1cn([C@H]2CC(OC3(CF)C=NN=N3)[C@@H](CO)O2)c(=O)[nH]c1=O. The van der Waals surface area contributed by atoms with E-state index in [0.717, 1.165) is 6.21 Å². The van der Waals surface area contributed by atoms with Gasteiger partial charge < -0.3 is 14.6 Å². The first-order chi connectivity index (χ1) is 11.5. The fourth-order valence-corrected chi connectivity index (χ4v) is 2.61. The number of aliphatic hydroxyl groups is 1. The summed E-state index contributed by atoms with van der Waals surface area (Å²) in [4.78, 5) is 25.6. The number of hydrogen-bond acceptors (Lipinski definition) is 8. The minimum Gasteiger partial charge on any atom is -0.394 e. The van der Waals surface area contributed by atoms with Crippen LogP contribution in [0.3, 0.4) is 0 Å². The van der Waals surface area contributed by atoms with Gasteiger partial charge in [-0.1, -0.05) is 0 Å². The highest BCUT2D eigenvalue weighted by atomic mass is 19.1. The van der Waals surface area contributed by atoms with E-state index in [-0.39, 0.29) is 6.42 Å². The van der Waals surface area contributed by atoms with Crippen molar-refractivity contribution in [2.45, 2.75) is 37.5 Å². The lowest BCUT2D eigenvalue weighted by Gasteiger charge is -2.24. The van der Waals surface area contributed by atoms with E-state index in [1.54, 1.807) is 6.92 Å². The standard InChI is InChI=1S/C13H16FN5O5/c1-7-3-19(12(22)16-11(7)21)10-2-8(9(4-20)23-10)24-13(5-14)6-15-18-17-13/h3,6,8-10,20H,2,4-5H2,1H3,(H,16,21,22)/t8?,9-,10-,13?/m1/s1.